The number of nitrogens with one attached hydrogen (secondary N) is 2. The largest absolute Gasteiger partial charge is 0.496 e. The molecule has 1 aliphatic heterocycles. The van der Waals surface area contributed by atoms with Gasteiger partial charge in [0.1, 0.15) is 17.2 Å². The van der Waals surface area contributed by atoms with E-state index in [0.29, 0.717) is 65.5 Å². The number of ether oxygens (including phenoxy) is 2. The van der Waals surface area contributed by atoms with Gasteiger partial charge in [0.2, 0.25) is 5.91 Å². The maximum absolute atomic E-state index is 12.5. The molecule has 2 fully saturated rings. The Bertz CT molecular complexity index is 1480. The highest BCUT2D eigenvalue weighted by Crippen LogP contribution is 2.40. The maximum atomic E-state index is 12.5. The molecule has 1 aliphatic carbocycles. The van der Waals surface area contributed by atoms with Gasteiger partial charge in [0, 0.05) is 55.0 Å². The molecule has 0 unspecified atom stereocenters. The summed E-state index contributed by atoms with van der Waals surface area (Å²) in [5, 5.41) is 6.64. The Morgan fingerprint density at radius 3 is 2.49 bits per heavy atom. The number of alkyl halides is 3. The third-order valence-electron chi connectivity index (χ3n) is 7.04. The van der Waals surface area contributed by atoms with Gasteiger partial charge in [-0.1, -0.05) is 11.6 Å². The molecule has 1 saturated heterocycles. The molecule has 5 rings (SSSR count). The van der Waals surface area contributed by atoms with Gasteiger partial charge in [-0.3, -0.25) is 9.78 Å². The molecule has 2 aliphatic rings. The number of piperidine rings is 1. The number of likely N-dealkylation sites (tertiary alicyclic amines) is 1. The van der Waals surface area contributed by atoms with E-state index < -0.39 is 12.1 Å². The van der Waals surface area contributed by atoms with Crippen molar-refractivity contribution in [2.75, 3.05) is 25.5 Å². The van der Waals surface area contributed by atoms with Gasteiger partial charge < -0.3 is 25.0 Å². The minimum Gasteiger partial charge on any atom is -0.496 e. The van der Waals surface area contributed by atoms with Crippen LogP contribution in [0.25, 0.3) is 10.9 Å². The molecule has 216 valence electrons. The van der Waals surface area contributed by atoms with E-state index in [1.54, 1.807) is 37.6 Å². The lowest BCUT2D eigenvalue weighted by molar-refractivity contribution is -0.127. The number of carbonyl (C=O) groups is 2. The minimum absolute atomic E-state index is 0.0136. The van der Waals surface area contributed by atoms with E-state index >= 15 is 0 Å². The molecular formula is C29H28ClF3N4O4. The van der Waals surface area contributed by atoms with E-state index in [9.17, 15) is 22.8 Å². The number of benzene rings is 2. The van der Waals surface area contributed by atoms with Crippen LogP contribution in [0.1, 0.15) is 37.2 Å². The second-order valence-corrected chi connectivity index (χ2v) is 10.4. The number of hydrogen-bond donors (Lipinski definition) is 2. The number of rotatable bonds is 7. The number of aromatic nitrogens is 1. The lowest BCUT2D eigenvalue weighted by Gasteiger charge is -2.32. The molecule has 8 nitrogen and oxygen atoms in total. The monoisotopic (exact) mass is 588 g/mol. The van der Waals surface area contributed by atoms with Crippen LogP contribution in [0, 0.1) is 0 Å². The van der Waals surface area contributed by atoms with Crippen LogP contribution in [0.4, 0.5) is 23.7 Å². The third kappa shape index (κ3) is 7.21. The highest BCUT2D eigenvalue weighted by molar-refractivity contribution is 6.33. The number of pyridine rings is 1. The van der Waals surface area contributed by atoms with E-state index in [1.165, 1.54) is 4.90 Å². The zero-order valence-electron chi connectivity index (χ0n) is 22.1. The van der Waals surface area contributed by atoms with Crippen molar-refractivity contribution < 1.29 is 32.2 Å². The Kier molecular flexibility index (Phi) is 8.25. The zero-order chi connectivity index (χ0) is 29.1. The van der Waals surface area contributed by atoms with Gasteiger partial charge in [0.15, 0.2) is 0 Å². The van der Waals surface area contributed by atoms with Gasteiger partial charge >= 0.3 is 12.2 Å². The quantitative estimate of drug-likeness (QED) is 0.296. The fraction of sp³-hybridized carbons (Fsp3) is 0.345. The lowest BCUT2D eigenvalue weighted by atomic mass is 9.87. The third-order valence-corrected chi connectivity index (χ3v) is 7.36. The van der Waals surface area contributed by atoms with Crippen molar-refractivity contribution in [2.45, 2.75) is 43.8 Å². The maximum Gasteiger partial charge on any atom is 0.409 e. The summed E-state index contributed by atoms with van der Waals surface area (Å²) < 4.78 is 49.2. The molecule has 0 atom stereocenters. The number of urea groups is 1. The van der Waals surface area contributed by atoms with Gasteiger partial charge in [-0.15, -0.1) is 0 Å². The lowest BCUT2D eigenvalue weighted by Crippen LogP contribution is -2.37. The van der Waals surface area contributed by atoms with Crippen LogP contribution >= 0.6 is 11.6 Å². The number of methoxy groups -OCH3 is 1. The summed E-state index contributed by atoms with van der Waals surface area (Å²) in [5.74, 6) is 0.986. The van der Waals surface area contributed by atoms with E-state index in [1.807, 2.05) is 12.1 Å². The fourth-order valence-corrected chi connectivity index (χ4v) is 5.01. The number of anilines is 1. The SMILES string of the molecule is COc1cc2nccc(Oc3ccc(NC(=O)NC4CC4)c(Cl)c3)c2cc1C1CCN(C(=O)/C=C/C(F)(F)F)CC1. The van der Waals surface area contributed by atoms with E-state index in [4.69, 9.17) is 21.1 Å². The van der Waals surface area contributed by atoms with Crippen molar-refractivity contribution in [3.05, 3.63) is 65.3 Å². The Labute approximate surface area is 239 Å². The van der Waals surface area contributed by atoms with Crippen molar-refractivity contribution in [1.82, 2.24) is 15.2 Å². The van der Waals surface area contributed by atoms with Crippen molar-refractivity contribution in [3.8, 4) is 17.2 Å². The van der Waals surface area contributed by atoms with Crippen molar-refractivity contribution >= 4 is 40.1 Å². The average molecular weight is 589 g/mol. The number of carbonyl (C=O) groups excluding carboxylic acids is 2. The summed E-state index contributed by atoms with van der Waals surface area (Å²) in [6.07, 6.45) is 0.693. The van der Waals surface area contributed by atoms with Gasteiger partial charge in [0.05, 0.1) is 23.3 Å². The van der Waals surface area contributed by atoms with Crippen LogP contribution in [0.5, 0.6) is 17.2 Å². The molecular weight excluding hydrogens is 561 g/mol. The number of allylic oxidation sites excluding steroid dienone is 1. The first-order valence-corrected chi connectivity index (χ1v) is 13.5. The van der Waals surface area contributed by atoms with Crippen LogP contribution in [0.15, 0.2) is 54.7 Å². The van der Waals surface area contributed by atoms with Gasteiger partial charge in [-0.2, -0.15) is 13.2 Å². The average Bonchev–Trinajstić information content (AvgIpc) is 3.76. The van der Waals surface area contributed by atoms with Gasteiger partial charge in [-0.25, -0.2) is 4.79 Å². The highest BCUT2D eigenvalue weighted by Gasteiger charge is 2.28. The topological polar surface area (TPSA) is 92.8 Å². The summed E-state index contributed by atoms with van der Waals surface area (Å²) in [6.45, 7) is 0.641. The molecule has 1 saturated carbocycles. The van der Waals surface area contributed by atoms with Crippen LogP contribution in [0.3, 0.4) is 0 Å². The number of amides is 3. The summed E-state index contributed by atoms with van der Waals surface area (Å²) in [7, 11) is 1.56. The Hall–Kier alpha value is -3.99. The number of fused-ring (bicyclic) bond motifs is 1. The second kappa shape index (κ2) is 11.9. The molecule has 3 amide bonds. The summed E-state index contributed by atoms with van der Waals surface area (Å²) in [6, 6.07) is 10.4. The first kappa shape index (κ1) is 28.5. The highest BCUT2D eigenvalue weighted by atomic mass is 35.5. The van der Waals surface area contributed by atoms with Crippen molar-refractivity contribution in [3.63, 3.8) is 0 Å². The van der Waals surface area contributed by atoms with E-state index in [-0.39, 0.29) is 24.1 Å². The van der Waals surface area contributed by atoms with Crippen LogP contribution in [-0.2, 0) is 4.79 Å². The fourth-order valence-electron chi connectivity index (χ4n) is 4.79. The molecule has 0 spiro atoms. The standard InChI is InChI=1S/C29H28ClF3N4O4/c1-40-26-16-24-21(15-20(26)17-8-12-37(13-9-17)27(38)6-10-29(31,32)33)25(7-11-34-24)41-19-4-5-23(22(30)14-19)36-28(39)35-18-2-3-18/h4-7,10-11,14-18H,2-3,8-9,12-13H2,1H3,(H2,35,36,39)/b10-6+. The predicted molar refractivity (Wildman–Crippen MR) is 149 cm³/mol. The Balaban J connectivity index is 1.33. The molecule has 2 aromatic carbocycles. The molecule has 2 heterocycles. The first-order chi connectivity index (χ1) is 19.6. The first-order valence-electron chi connectivity index (χ1n) is 13.2. The normalized spacial score (nSPS) is 16.2. The summed E-state index contributed by atoms with van der Waals surface area (Å²) in [4.78, 5) is 30.1. The number of halogens is 4. The number of nitrogens with zero attached hydrogens (tertiary/aromatic N) is 2. The molecule has 12 heteroatoms. The molecule has 1 aromatic heterocycles. The van der Waals surface area contributed by atoms with Crippen LogP contribution in [-0.4, -0.2) is 54.2 Å². The number of hydrogen-bond acceptors (Lipinski definition) is 5. The summed E-state index contributed by atoms with van der Waals surface area (Å²) in [5.41, 5.74) is 2.01. The van der Waals surface area contributed by atoms with Crippen molar-refractivity contribution in [2.24, 2.45) is 0 Å². The van der Waals surface area contributed by atoms with Crippen LogP contribution < -0.4 is 20.1 Å². The summed E-state index contributed by atoms with van der Waals surface area (Å²) >= 11 is 6.41. The van der Waals surface area contributed by atoms with E-state index in [0.717, 1.165) is 23.8 Å². The molecule has 3 aromatic rings. The van der Waals surface area contributed by atoms with E-state index in [2.05, 4.69) is 15.6 Å². The second-order valence-electron chi connectivity index (χ2n) is 10.0. The zero-order valence-corrected chi connectivity index (χ0v) is 22.9. The molecule has 0 bridgehead atoms. The Morgan fingerprint density at radius 2 is 1.83 bits per heavy atom. The Morgan fingerprint density at radius 1 is 1.07 bits per heavy atom. The smallest absolute Gasteiger partial charge is 0.409 e. The van der Waals surface area contributed by atoms with Gasteiger partial charge in [-0.05, 0) is 61.4 Å². The molecule has 41 heavy (non-hydrogen) atoms. The van der Waals surface area contributed by atoms with Crippen LogP contribution in [0.2, 0.25) is 5.02 Å². The van der Waals surface area contributed by atoms with Crippen molar-refractivity contribution in [1.29, 1.82) is 0 Å². The predicted octanol–water partition coefficient (Wildman–Crippen LogP) is 6.80. The minimum atomic E-state index is -4.53. The molecule has 0 radical (unpaired) electrons. The molecule has 2 N–H and O–H groups in total. The van der Waals surface area contributed by atoms with Gasteiger partial charge in [0.25, 0.3) is 0 Å².